The topological polar surface area (TPSA) is 93.9 Å². The van der Waals surface area contributed by atoms with Crippen LogP contribution in [0.5, 0.6) is 0 Å². The maximum Gasteiger partial charge on any atom is 0.127 e. The van der Waals surface area contributed by atoms with Crippen molar-refractivity contribution in [2.45, 2.75) is 37.1 Å². The Kier molecular flexibility index (Phi) is 4.24. The molecule has 1 saturated carbocycles. The molecule has 2 aromatic heterocycles. The van der Waals surface area contributed by atoms with Gasteiger partial charge in [0.2, 0.25) is 0 Å². The van der Waals surface area contributed by atoms with Crippen LogP contribution in [0.1, 0.15) is 43.0 Å². The van der Waals surface area contributed by atoms with Gasteiger partial charge in [0.25, 0.3) is 0 Å². The highest BCUT2D eigenvalue weighted by atomic mass is 16.3. The quantitative estimate of drug-likeness (QED) is 0.646. The number of aliphatic hydroxyl groups excluding tert-OH is 1. The highest BCUT2D eigenvalue weighted by Gasteiger charge is 2.46. The number of fused-ring (bicyclic) bond motifs is 1. The summed E-state index contributed by atoms with van der Waals surface area (Å²) in [4.78, 5) is 9.65. The fourth-order valence-electron chi connectivity index (χ4n) is 4.43. The van der Waals surface area contributed by atoms with Gasteiger partial charge in [0.05, 0.1) is 22.4 Å². The maximum atomic E-state index is 10.4. The highest BCUT2D eigenvalue weighted by Crippen LogP contribution is 2.46. The van der Waals surface area contributed by atoms with Gasteiger partial charge in [-0.3, -0.25) is 4.98 Å². The number of hydrogen-bond donors (Lipinski definition) is 4. The van der Waals surface area contributed by atoms with Crippen molar-refractivity contribution in [1.29, 1.82) is 5.41 Å². The molecule has 1 unspecified atom stereocenters. The lowest BCUT2D eigenvalue weighted by Crippen LogP contribution is -2.39. The lowest BCUT2D eigenvalue weighted by molar-refractivity contribution is 0.342. The van der Waals surface area contributed by atoms with Crippen LogP contribution in [0.4, 0.5) is 0 Å². The van der Waals surface area contributed by atoms with Crippen LogP contribution < -0.4 is 10.6 Å². The zero-order chi connectivity index (χ0) is 20.0. The van der Waals surface area contributed by atoms with Gasteiger partial charge in [-0.2, -0.15) is 0 Å². The number of pyridine rings is 2. The number of allylic oxidation sites excluding steroid dienone is 4. The second-order valence-corrected chi connectivity index (χ2v) is 8.26. The first kappa shape index (κ1) is 18.1. The van der Waals surface area contributed by atoms with E-state index in [0.29, 0.717) is 28.3 Å². The molecule has 1 atom stereocenters. The Morgan fingerprint density at radius 3 is 2.76 bits per heavy atom. The Morgan fingerprint density at radius 1 is 1.17 bits per heavy atom. The zero-order valence-electron chi connectivity index (χ0n) is 16.5. The minimum Gasteiger partial charge on any atom is -0.507 e. The average Bonchev–Trinajstić information content (AvgIpc) is 3.47. The van der Waals surface area contributed by atoms with Gasteiger partial charge in [-0.1, -0.05) is 0 Å². The molecule has 0 aromatic carbocycles. The van der Waals surface area contributed by atoms with Gasteiger partial charge in [-0.25, -0.2) is 4.98 Å². The molecule has 148 valence electrons. The van der Waals surface area contributed by atoms with E-state index in [2.05, 4.69) is 16.7 Å². The summed E-state index contributed by atoms with van der Waals surface area (Å²) in [6.07, 6.45) is 9.86. The standard InChI is InChI=1S/C23H25N5O/c1-25-13-15-10-16(22(29)11-17(15)24)19-3-5-20-21(28-19)4-2-18(27-20)14-6-9-26-23(12-14)7-8-23/h2-5,10-11,13-14,24-26,29H,6-9,12H2,1H3/b15-13-,24-17?. The summed E-state index contributed by atoms with van der Waals surface area (Å²) in [5, 5.41) is 25.0. The van der Waals surface area contributed by atoms with Crippen LogP contribution in [0.2, 0.25) is 0 Å². The molecule has 2 fully saturated rings. The molecule has 0 amide bonds. The van der Waals surface area contributed by atoms with Crippen molar-refractivity contribution in [2.24, 2.45) is 0 Å². The van der Waals surface area contributed by atoms with Gasteiger partial charge in [-0.15, -0.1) is 0 Å². The van der Waals surface area contributed by atoms with Crippen LogP contribution in [-0.4, -0.2) is 39.9 Å². The van der Waals surface area contributed by atoms with Gasteiger partial charge in [0, 0.05) is 47.6 Å². The predicted octanol–water partition coefficient (Wildman–Crippen LogP) is 3.59. The van der Waals surface area contributed by atoms with E-state index >= 15 is 0 Å². The zero-order valence-corrected chi connectivity index (χ0v) is 16.5. The van der Waals surface area contributed by atoms with Gasteiger partial charge >= 0.3 is 0 Å². The van der Waals surface area contributed by atoms with Crippen LogP contribution in [0.15, 0.2) is 53.9 Å². The molecule has 2 aliphatic carbocycles. The summed E-state index contributed by atoms with van der Waals surface area (Å²) in [5.74, 6) is 0.570. The molecule has 3 heterocycles. The number of hydrogen-bond acceptors (Lipinski definition) is 6. The first-order chi connectivity index (χ1) is 14.1. The summed E-state index contributed by atoms with van der Waals surface area (Å²) in [6.45, 7) is 1.07. The smallest absolute Gasteiger partial charge is 0.127 e. The fraction of sp³-hybridized carbons (Fsp3) is 0.348. The summed E-state index contributed by atoms with van der Waals surface area (Å²) >= 11 is 0. The van der Waals surface area contributed by atoms with E-state index in [0.717, 1.165) is 29.7 Å². The van der Waals surface area contributed by atoms with E-state index in [1.54, 1.807) is 19.3 Å². The maximum absolute atomic E-state index is 10.4. The second-order valence-electron chi connectivity index (χ2n) is 8.26. The summed E-state index contributed by atoms with van der Waals surface area (Å²) in [7, 11) is 1.79. The van der Waals surface area contributed by atoms with E-state index in [1.165, 1.54) is 25.3 Å². The third-order valence-corrected chi connectivity index (χ3v) is 6.21. The van der Waals surface area contributed by atoms with Crippen LogP contribution in [0.3, 0.4) is 0 Å². The Hall–Kier alpha value is -2.99. The van der Waals surface area contributed by atoms with Crippen molar-refractivity contribution in [3.8, 4) is 0 Å². The Bertz CT molecular complexity index is 1090. The molecule has 4 N–H and O–H groups in total. The fourth-order valence-corrected chi connectivity index (χ4v) is 4.43. The van der Waals surface area contributed by atoms with E-state index in [9.17, 15) is 5.11 Å². The lowest BCUT2D eigenvalue weighted by atomic mass is 9.88. The third kappa shape index (κ3) is 3.34. The van der Waals surface area contributed by atoms with Gasteiger partial charge in [0.15, 0.2) is 0 Å². The third-order valence-electron chi connectivity index (χ3n) is 6.21. The number of nitrogens with one attached hydrogen (secondary N) is 3. The van der Waals surface area contributed by atoms with Crippen molar-refractivity contribution in [3.63, 3.8) is 0 Å². The molecule has 1 aliphatic heterocycles. The Morgan fingerprint density at radius 2 is 1.97 bits per heavy atom. The molecular formula is C23H25N5O. The molecule has 5 rings (SSSR count). The van der Waals surface area contributed by atoms with Crippen molar-refractivity contribution >= 4 is 22.3 Å². The Balaban J connectivity index is 1.47. The molecule has 0 bridgehead atoms. The van der Waals surface area contributed by atoms with E-state index in [-0.39, 0.29) is 11.5 Å². The minimum atomic E-state index is 0.0594. The molecule has 6 heteroatoms. The van der Waals surface area contributed by atoms with Crippen molar-refractivity contribution < 1.29 is 5.11 Å². The summed E-state index contributed by atoms with van der Waals surface area (Å²) < 4.78 is 0. The normalized spacial score (nSPS) is 24.5. The minimum absolute atomic E-state index is 0.0594. The molecule has 2 aromatic rings. The molecule has 0 radical (unpaired) electrons. The first-order valence-electron chi connectivity index (χ1n) is 10.2. The van der Waals surface area contributed by atoms with Crippen molar-refractivity contribution in [1.82, 2.24) is 20.6 Å². The SMILES string of the molecule is CN/C=C1/C=C(c2ccc3nc(C4CCNC5(CC5)C4)ccc3n2)C(O)=CC1=N. The highest BCUT2D eigenvalue weighted by molar-refractivity contribution is 6.13. The number of aromatic nitrogens is 2. The van der Waals surface area contributed by atoms with E-state index in [4.69, 9.17) is 15.4 Å². The van der Waals surface area contributed by atoms with Crippen LogP contribution in [0.25, 0.3) is 16.6 Å². The molecule has 3 aliphatic rings. The van der Waals surface area contributed by atoms with Crippen LogP contribution >= 0.6 is 0 Å². The molecular weight excluding hydrogens is 362 g/mol. The van der Waals surface area contributed by atoms with Crippen molar-refractivity contribution in [3.05, 3.63) is 65.3 Å². The largest absolute Gasteiger partial charge is 0.507 e. The molecule has 6 nitrogen and oxygen atoms in total. The average molecular weight is 387 g/mol. The van der Waals surface area contributed by atoms with E-state index < -0.39 is 0 Å². The first-order valence-corrected chi connectivity index (χ1v) is 10.2. The summed E-state index contributed by atoms with van der Waals surface area (Å²) in [5.41, 5.74) is 5.50. The van der Waals surface area contributed by atoms with Crippen molar-refractivity contribution in [2.75, 3.05) is 13.6 Å². The number of nitrogens with zero attached hydrogens (tertiary/aromatic N) is 2. The monoisotopic (exact) mass is 387 g/mol. The van der Waals surface area contributed by atoms with Gasteiger partial charge < -0.3 is 21.1 Å². The molecule has 29 heavy (non-hydrogen) atoms. The number of rotatable bonds is 3. The van der Waals surface area contributed by atoms with Crippen LogP contribution in [-0.2, 0) is 0 Å². The van der Waals surface area contributed by atoms with Gasteiger partial charge in [-0.05, 0) is 62.6 Å². The van der Waals surface area contributed by atoms with Gasteiger partial charge in [0.1, 0.15) is 5.76 Å². The number of piperidine rings is 1. The lowest BCUT2D eigenvalue weighted by Gasteiger charge is -2.30. The Labute approximate surface area is 170 Å². The number of aliphatic hydroxyl groups is 1. The predicted molar refractivity (Wildman–Crippen MR) is 115 cm³/mol. The van der Waals surface area contributed by atoms with E-state index in [1.807, 2.05) is 18.2 Å². The molecule has 1 saturated heterocycles. The van der Waals surface area contributed by atoms with Crippen LogP contribution in [0, 0.1) is 5.41 Å². The second kappa shape index (κ2) is 6.81. The molecule has 1 spiro atoms. The summed E-state index contributed by atoms with van der Waals surface area (Å²) in [6, 6.07) is 8.02.